The molecule has 0 unspecified atom stereocenters. The standard InChI is InChI=1S/C16H15ClFN3/c17-13-6-11(18)4-3-10(13)5-15-20-14-8-19-7-12(14)16(21-15)9-1-2-9/h3-4,6,9,19H,1-2,5,7-8H2. The van der Waals surface area contributed by atoms with Crippen LogP contribution in [0.4, 0.5) is 4.39 Å². The van der Waals surface area contributed by atoms with Crippen molar-refractivity contribution in [2.24, 2.45) is 0 Å². The van der Waals surface area contributed by atoms with Gasteiger partial charge in [0.2, 0.25) is 0 Å². The molecule has 108 valence electrons. The van der Waals surface area contributed by atoms with Gasteiger partial charge in [-0.25, -0.2) is 14.4 Å². The van der Waals surface area contributed by atoms with Gasteiger partial charge in [0.15, 0.2) is 0 Å². The first-order valence-corrected chi connectivity index (χ1v) is 7.61. The molecule has 0 bridgehead atoms. The fraction of sp³-hybridized carbons (Fsp3) is 0.375. The van der Waals surface area contributed by atoms with E-state index in [9.17, 15) is 4.39 Å². The molecule has 1 N–H and O–H groups in total. The molecule has 21 heavy (non-hydrogen) atoms. The third kappa shape index (κ3) is 2.54. The maximum absolute atomic E-state index is 13.1. The van der Waals surface area contributed by atoms with Gasteiger partial charge in [-0.2, -0.15) is 0 Å². The predicted molar refractivity (Wildman–Crippen MR) is 78.8 cm³/mol. The zero-order chi connectivity index (χ0) is 14.4. The molecule has 2 aliphatic rings. The largest absolute Gasteiger partial charge is 0.307 e. The summed E-state index contributed by atoms with van der Waals surface area (Å²) in [4.78, 5) is 9.42. The first-order valence-electron chi connectivity index (χ1n) is 7.24. The molecule has 1 aliphatic carbocycles. The summed E-state index contributed by atoms with van der Waals surface area (Å²) in [7, 11) is 0. The quantitative estimate of drug-likeness (QED) is 0.945. The minimum Gasteiger partial charge on any atom is -0.307 e. The molecular formula is C16H15ClFN3. The van der Waals surface area contributed by atoms with Crippen LogP contribution < -0.4 is 5.32 Å². The fourth-order valence-corrected chi connectivity index (χ4v) is 3.09. The van der Waals surface area contributed by atoms with E-state index in [4.69, 9.17) is 16.6 Å². The van der Waals surface area contributed by atoms with Crippen LogP contribution in [0.15, 0.2) is 18.2 Å². The molecule has 3 nitrogen and oxygen atoms in total. The molecule has 1 aromatic heterocycles. The van der Waals surface area contributed by atoms with Gasteiger partial charge in [-0.05, 0) is 30.5 Å². The van der Waals surface area contributed by atoms with Gasteiger partial charge in [-0.1, -0.05) is 17.7 Å². The van der Waals surface area contributed by atoms with E-state index in [-0.39, 0.29) is 5.82 Å². The summed E-state index contributed by atoms with van der Waals surface area (Å²) < 4.78 is 13.1. The Labute approximate surface area is 127 Å². The van der Waals surface area contributed by atoms with Gasteiger partial charge in [0.1, 0.15) is 11.6 Å². The highest BCUT2D eigenvalue weighted by atomic mass is 35.5. The first-order chi connectivity index (χ1) is 10.2. The lowest BCUT2D eigenvalue weighted by atomic mass is 10.1. The number of hydrogen-bond donors (Lipinski definition) is 1. The molecular weight excluding hydrogens is 289 g/mol. The van der Waals surface area contributed by atoms with Crippen LogP contribution in [0.3, 0.4) is 0 Å². The number of halogens is 2. The van der Waals surface area contributed by atoms with Gasteiger partial charge in [-0.3, -0.25) is 0 Å². The maximum atomic E-state index is 13.1. The van der Waals surface area contributed by atoms with Gasteiger partial charge in [0, 0.05) is 36.0 Å². The van der Waals surface area contributed by atoms with E-state index in [2.05, 4.69) is 10.3 Å². The number of fused-ring (bicyclic) bond motifs is 1. The molecule has 1 saturated carbocycles. The number of aromatic nitrogens is 2. The highest BCUT2D eigenvalue weighted by Crippen LogP contribution is 2.42. The van der Waals surface area contributed by atoms with Crippen LogP contribution >= 0.6 is 11.6 Å². The second-order valence-electron chi connectivity index (χ2n) is 5.74. The Hall–Kier alpha value is -1.52. The molecule has 1 aromatic carbocycles. The number of nitrogens with one attached hydrogen (secondary N) is 1. The van der Waals surface area contributed by atoms with Crippen molar-refractivity contribution in [3.05, 3.63) is 57.4 Å². The normalized spacial score (nSPS) is 17.0. The molecule has 0 saturated heterocycles. The second-order valence-corrected chi connectivity index (χ2v) is 6.15. The smallest absolute Gasteiger partial charge is 0.133 e. The molecule has 1 aliphatic heterocycles. The van der Waals surface area contributed by atoms with Gasteiger partial charge >= 0.3 is 0 Å². The highest BCUT2D eigenvalue weighted by Gasteiger charge is 2.31. The zero-order valence-electron chi connectivity index (χ0n) is 11.5. The van der Waals surface area contributed by atoms with Crippen LogP contribution in [0.2, 0.25) is 5.02 Å². The SMILES string of the molecule is Fc1ccc(Cc2nc3c(c(C4CC4)n2)CNC3)c(Cl)c1. The van der Waals surface area contributed by atoms with E-state index in [1.807, 2.05) is 0 Å². The number of hydrogen-bond acceptors (Lipinski definition) is 3. The van der Waals surface area contributed by atoms with Crippen molar-refractivity contribution in [1.29, 1.82) is 0 Å². The van der Waals surface area contributed by atoms with E-state index in [1.165, 1.54) is 36.2 Å². The van der Waals surface area contributed by atoms with Crippen molar-refractivity contribution in [3.8, 4) is 0 Å². The average Bonchev–Trinajstić information content (AvgIpc) is 3.19. The van der Waals surface area contributed by atoms with Crippen molar-refractivity contribution >= 4 is 11.6 Å². The van der Waals surface area contributed by atoms with Crippen LogP contribution in [0.5, 0.6) is 0 Å². The van der Waals surface area contributed by atoms with Gasteiger partial charge < -0.3 is 5.32 Å². The number of nitrogens with zero attached hydrogens (tertiary/aromatic N) is 2. The predicted octanol–water partition coefficient (Wildman–Crippen LogP) is 3.34. The van der Waals surface area contributed by atoms with Crippen LogP contribution in [-0.2, 0) is 19.5 Å². The molecule has 2 heterocycles. The van der Waals surface area contributed by atoms with Gasteiger partial charge in [0.05, 0.1) is 11.4 Å². The summed E-state index contributed by atoms with van der Waals surface area (Å²) in [6.45, 7) is 1.68. The molecule has 0 spiro atoms. The van der Waals surface area contributed by atoms with E-state index in [0.29, 0.717) is 17.4 Å². The Bertz CT molecular complexity index is 713. The van der Waals surface area contributed by atoms with E-state index < -0.39 is 0 Å². The highest BCUT2D eigenvalue weighted by molar-refractivity contribution is 6.31. The summed E-state index contributed by atoms with van der Waals surface area (Å²) in [5.41, 5.74) is 4.47. The summed E-state index contributed by atoms with van der Waals surface area (Å²) in [5, 5.41) is 3.78. The Morgan fingerprint density at radius 2 is 2.10 bits per heavy atom. The van der Waals surface area contributed by atoms with Crippen molar-refractivity contribution in [2.45, 2.75) is 38.3 Å². The molecule has 1 fully saturated rings. The lowest BCUT2D eigenvalue weighted by Crippen LogP contribution is -2.06. The number of rotatable bonds is 3. The minimum absolute atomic E-state index is 0.318. The second kappa shape index (κ2) is 5.04. The van der Waals surface area contributed by atoms with E-state index in [1.54, 1.807) is 6.07 Å². The summed E-state index contributed by atoms with van der Waals surface area (Å²) >= 11 is 6.10. The first kappa shape index (κ1) is 13.2. The Morgan fingerprint density at radius 3 is 2.86 bits per heavy atom. The third-order valence-electron chi connectivity index (χ3n) is 4.09. The van der Waals surface area contributed by atoms with Crippen LogP contribution in [0, 0.1) is 5.82 Å². The molecule has 2 aromatic rings. The van der Waals surface area contributed by atoms with E-state index >= 15 is 0 Å². The monoisotopic (exact) mass is 303 g/mol. The molecule has 0 amide bonds. The van der Waals surface area contributed by atoms with Crippen LogP contribution in [-0.4, -0.2) is 9.97 Å². The minimum atomic E-state index is -0.318. The Kier molecular flexibility index (Phi) is 3.16. The van der Waals surface area contributed by atoms with E-state index in [0.717, 1.165) is 30.2 Å². The third-order valence-corrected chi connectivity index (χ3v) is 4.44. The molecule has 0 radical (unpaired) electrons. The summed E-state index contributed by atoms with van der Waals surface area (Å²) in [5.74, 6) is 1.07. The number of benzene rings is 1. The van der Waals surface area contributed by atoms with Crippen molar-refractivity contribution in [1.82, 2.24) is 15.3 Å². The average molecular weight is 304 g/mol. The maximum Gasteiger partial charge on any atom is 0.133 e. The Balaban J connectivity index is 1.70. The lowest BCUT2D eigenvalue weighted by molar-refractivity contribution is 0.627. The van der Waals surface area contributed by atoms with Crippen molar-refractivity contribution in [3.63, 3.8) is 0 Å². The van der Waals surface area contributed by atoms with Gasteiger partial charge in [0.25, 0.3) is 0 Å². The molecule has 5 heteroatoms. The molecule has 4 rings (SSSR count). The molecule has 0 atom stereocenters. The Morgan fingerprint density at radius 1 is 1.24 bits per heavy atom. The summed E-state index contributed by atoms with van der Waals surface area (Å²) in [6, 6.07) is 4.48. The summed E-state index contributed by atoms with van der Waals surface area (Å²) in [6.07, 6.45) is 2.99. The van der Waals surface area contributed by atoms with Gasteiger partial charge in [-0.15, -0.1) is 0 Å². The topological polar surface area (TPSA) is 37.8 Å². The van der Waals surface area contributed by atoms with Crippen molar-refractivity contribution < 1.29 is 4.39 Å². The van der Waals surface area contributed by atoms with Crippen LogP contribution in [0.1, 0.15) is 47.1 Å². The van der Waals surface area contributed by atoms with Crippen molar-refractivity contribution in [2.75, 3.05) is 0 Å². The fourth-order valence-electron chi connectivity index (χ4n) is 2.86. The zero-order valence-corrected chi connectivity index (χ0v) is 12.3. The lowest BCUT2D eigenvalue weighted by Gasteiger charge is -2.10. The van der Waals surface area contributed by atoms with Crippen LogP contribution in [0.25, 0.3) is 0 Å².